The Morgan fingerprint density at radius 1 is 1.38 bits per heavy atom. The van der Waals surface area contributed by atoms with Crippen molar-refractivity contribution >= 4 is 5.96 Å². The minimum absolute atomic E-state index is 0.257. The summed E-state index contributed by atoms with van der Waals surface area (Å²) in [5.74, 6) is 1.75. The maximum absolute atomic E-state index is 8.77. The third-order valence-corrected chi connectivity index (χ3v) is 4.47. The van der Waals surface area contributed by atoms with E-state index in [1.807, 2.05) is 12.3 Å². The number of nitriles is 1. The average molecular weight is 327 g/mol. The fourth-order valence-electron chi connectivity index (χ4n) is 3.22. The van der Waals surface area contributed by atoms with Gasteiger partial charge in [-0.15, -0.1) is 0 Å². The van der Waals surface area contributed by atoms with Crippen molar-refractivity contribution in [1.82, 2.24) is 15.5 Å². The first-order valence-electron chi connectivity index (χ1n) is 8.76. The normalized spacial score (nSPS) is 19.7. The van der Waals surface area contributed by atoms with Crippen molar-refractivity contribution in [3.63, 3.8) is 0 Å². The number of rotatable bonds is 6. The van der Waals surface area contributed by atoms with E-state index in [-0.39, 0.29) is 6.10 Å². The molecule has 2 aliphatic heterocycles. The fourth-order valence-corrected chi connectivity index (χ4v) is 3.22. The molecule has 3 rings (SSSR count). The lowest BCUT2D eigenvalue weighted by Gasteiger charge is -2.28. The van der Waals surface area contributed by atoms with Crippen molar-refractivity contribution in [2.45, 2.75) is 31.8 Å². The highest BCUT2D eigenvalue weighted by Gasteiger charge is 2.19. The number of para-hydroxylation sites is 1. The van der Waals surface area contributed by atoms with Crippen molar-refractivity contribution in [3.8, 4) is 11.9 Å². The Balaban J connectivity index is 1.34. The molecule has 1 aromatic rings. The van der Waals surface area contributed by atoms with Crippen LogP contribution in [0.1, 0.15) is 24.8 Å². The van der Waals surface area contributed by atoms with Crippen LogP contribution in [0.25, 0.3) is 0 Å². The lowest BCUT2D eigenvalue weighted by atomic mass is 10.0. The van der Waals surface area contributed by atoms with E-state index in [9.17, 15) is 0 Å². The van der Waals surface area contributed by atoms with E-state index in [0.29, 0.717) is 0 Å². The maximum Gasteiger partial charge on any atom is 0.207 e. The van der Waals surface area contributed by atoms with E-state index in [2.05, 4.69) is 38.7 Å². The lowest BCUT2D eigenvalue weighted by molar-refractivity contribution is 0.170. The first-order chi connectivity index (χ1) is 11.9. The number of guanidine groups is 1. The van der Waals surface area contributed by atoms with Crippen LogP contribution in [-0.2, 0) is 6.42 Å². The Bertz CT molecular complexity index is 610. The molecule has 0 saturated carbocycles. The van der Waals surface area contributed by atoms with Gasteiger partial charge in [0.25, 0.3) is 0 Å². The maximum atomic E-state index is 8.77. The smallest absolute Gasteiger partial charge is 0.207 e. The molecule has 0 saturated heterocycles. The molecule has 128 valence electrons. The van der Waals surface area contributed by atoms with Gasteiger partial charge >= 0.3 is 0 Å². The Hall–Kier alpha value is -2.26. The summed E-state index contributed by atoms with van der Waals surface area (Å²) in [6.07, 6.45) is 6.46. The molecule has 24 heavy (non-hydrogen) atoms. The Morgan fingerprint density at radius 3 is 3.21 bits per heavy atom. The highest BCUT2D eigenvalue weighted by molar-refractivity contribution is 5.81. The second-order valence-corrected chi connectivity index (χ2v) is 6.23. The molecule has 1 atom stereocenters. The van der Waals surface area contributed by atoms with Crippen LogP contribution in [0.2, 0.25) is 0 Å². The third-order valence-electron chi connectivity index (χ3n) is 4.47. The minimum Gasteiger partial charge on any atom is -0.489 e. The summed E-state index contributed by atoms with van der Waals surface area (Å²) in [5, 5.41) is 14.9. The summed E-state index contributed by atoms with van der Waals surface area (Å²) in [5.41, 5.74) is 1.32. The molecule has 0 radical (unpaired) electrons. The van der Waals surface area contributed by atoms with Crippen molar-refractivity contribution in [2.24, 2.45) is 4.99 Å². The minimum atomic E-state index is 0.257. The van der Waals surface area contributed by atoms with Gasteiger partial charge in [-0.25, -0.2) is 0 Å². The highest BCUT2D eigenvalue weighted by Crippen LogP contribution is 2.26. The van der Waals surface area contributed by atoms with Crippen molar-refractivity contribution in [3.05, 3.63) is 29.8 Å². The number of hydrogen-bond acceptors (Lipinski definition) is 6. The largest absolute Gasteiger partial charge is 0.489 e. The van der Waals surface area contributed by atoms with Crippen molar-refractivity contribution in [2.75, 3.05) is 32.7 Å². The topological polar surface area (TPSA) is 72.7 Å². The summed E-state index contributed by atoms with van der Waals surface area (Å²) >= 11 is 0. The van der Waals surface area contributed by atoms with Crippen LogP contribution < -0.4 is 15.4 Å². The second kappa shape index (κ2) is 8.55. The van der Waals surface area contributed by atoms with E-state index < -0.39 is 0 Å². The van der Waals surface area contributed by atoms with Crippen LogP contribution in [-0.4, -0.2) is 49.7 Å². The zero-order chi connectivity index (χ0) is 16.6. The predicted molar refractivity (Wildman–Crippen MR) is 93.9 cm³/mol. The molecule has 2 heterocycles. The summed E-state index contributed by atoms with van der Waals surface area (Å²) < 4.78 is 6.04. The van der Waals surface area contributed by atoms with Crippen LogP contribution in [0.5, 0.6) is 5.75 Å². The van der Waals surface area contributed by atoms with E-state index >= 15 is 0 Å². The van der Waals surface area contributed by atoms with Gasteiger partial charge in [-0.1, -0.05) is 18.2 Å². The summed E-state index contributed by atoms with van der Waals surface area (Å²) in [4.78, 5) is 6.52. The summed E-state index contributed by atoms with van der Waals surface area (Å²) in [6, 6.07) is 8.30. The van der Waals surface area contributed by atoms with E-state index in [1.54, 1.807) is 0 Å². The molecule has 6 heteroatoms. The van der Waals surface area contributed by atoms with Gasteiger partial charge in [0.1, 0.15) is 11.9 Å². The highest BCUT2D eigenvalue weighted by atomic mass is 16.5. The van der Waals surface area contributed by atoms with Crippen LogP contribution in [0.4, 0.5) is 0 Å². The van der Waals surface area contributed by atoms with Crippen LogP contribution in [0.3, 0.4) is 0 Å². The molecule has 0 aromatic heterocycles. The second-order valence-electron chi connectivity index (χ2n) is 6.23. The third kappa shape index (κ3) is 4.39. The fraction of sp³-hybridized carbons (Fsp3) is 0.556. The molecule has 0 bridgehead atoms. The number of ether oxygens (including phenoxy) is 1. The molecule has 0 aliphatic carbocycles. The Morgan fingerprint density at radius 2 is 2.29 bits per heavy atom. The Labute approximate surface area is 143 Å². The SMILES string of the molecule is N#CNC1=NCCCN1CCCNCC1CCc2ccccc2O1. The summed E-state index contributed by atoms with van der Waals surface area (Å²) in [6.45, 7) is 4.51. The molecule has 6 nitrogen and oxygen atoms in total. The van der Waals surface area contributed by atoms with Gasteiger partial charge in [0.2, 0.25) is 5.96 Å². The van der Waals surface area contributed by atoms with Crippen LogP contribution in [0.15, 0.2) is 29.3 Å². The monoisotopic (exact) mass is 327 g/mol. The van der Waals surface area contributed by atoms with Gasteiger partial charge in [0.05, 0.1) is 0 Å². The lowest BCUT2D eigenvalue weighted by Crippen LogP contribution is -2.44. The quantitative estimate of drug-likeness (QED) is 0.470. The van der Waals surface area contributed by atoms with Gasteiger partial charge in [0.15, 0.2) is 6.19 Å². The van der Waals surface area contributed by atoms with Crippen LogP contribution >= 0.6 is 0 Å². The predicted octanol–water partition coefficient (Wildman–Crippen LogP) is 1.49. The number of fused-ring (bicyclic) bond motifs is 1. The average Bonchev–Trinajstić information content (AvgIpc) is 2.63. The molecular formula is C18H25N5O. The van der Waals surface area contributed by atoms with E-state index in [0.717, 1.165) is 70.1 Å². The van der Waals surface area contributed by atoms with Crippen molar-refractivity contribution < 1.29 is 4.74 Å². The molecule has 0 amide bonds. The number of hydrogen-bond donors (Lipinski definition) is 2. The molecule has 2 N–H and O–H groups in total. The molecule has 2 aliphatic rings. The number of benzene rings is 1. The number of nitrogens with zero attached hydrogens (tertiary/aromatic N) is 3. The Kier molecular flexibility index (Phi) is 5.91. The standard InChI is InChI=1S/C18H25N5O/c19-14-22-18-21-10-4-12-23(18)11-3-9-20-13-16-8-7-15-5-1-2-6-17(15)24-16/h1-2,5-6,16,20H,3-4,7-13H2,(H,21,22). The zero-order valence-electron chi connectivity index (χ0n) is 14.0. The van der Waals surface area contributed by atoms with E-state index in [4.69, 9.17) is 10.00 Å². The number of nitrogens with one attached hydrogen (secondary N) is 2. The molecule has 1 unspecified atom stereocenters. The van der Waals surface area contributed by atoms with E-state index in [1.165, 1.54) is 5.56 Å². The first kappa shape index (κ1) is 16.6. The van der Waals surface area contributed by atoms with Gasteiger partial charge in [-0.2, -0.15) is 5.26 Å². The van der Waals surface area contributed by atoms with Gasteiger partial charge in [0, 0.05) is 26.2 Å². The first-order valence-corrected chi connectivity index (χ1v) is 8.76. The number of aryl methyl sites for hydroxylation is 1. The molecular weight excluding hydrogens is 302 g/mol. The molecule has 1 aromatic carbocycles. The number of aliphatic imine (C=N–C) groups is 1. The van der Waals surface area contributed by atoms with Gasteiger partial charge in [-0.3, -0.25) is 10.3 Å². The zero-order valence-corrected chi connectivity index (χ0v) is 14.0. The molecule has 0 spiro atoms. The molecule has 0 fully saturated rings. The van der Waals surface area contributed by atoms with Crippen molar-refractivity contribution in [1.29, 1.82) is 5.26 Å². The van der Waals surface area contributed by atoms with Gasteiger partial charge in [-0.05, 0) is 43.9 Å². The summed E-state index contributed by atoms with van der Waals surface area (Å²) in [7, 11) is 0. The van der Waals surface area contributed by atoms with Gasteiger partial charge < -0.3 is 15.0 Å². The van der Waals surface area contributed by atoms with Crippen LogP contribution in [0, 0.1) is 11.5 Å².